The van der Waals surface area contributed by atoms with E-state index < -0.39 is 11.7 Å². The number of carbonyl (C=O) groups is 1. The third kappa shape index (κ3) is 3.25. The molecule has 2 aromatic carbocycles. The maximum atomic E-state index is 12.0. The van der Waals surface area contributed by atoms with E-state index in [0.717, 1.165) is 5.56 Å². The number of hydrogen-bond acceptors (Lipinski definition) is 4. The van der Waals surface area contributed by atoms with Crippen molar-refractivity contribution in [3.05, 3.63) is 64.7 Å². The number of aromatic hydroxyl groups is 1. The second kappa shape index (κ2) is 6.10. The number of rotatable bonds is 3. The average molecular weight is 334 g/mol. The number of likely N-dealkylation sites (tertiary alicyclic amines) is 1. The molecule has 1 heterocycles. The quantitative estimate of drug-likeness (QED) is 0.906. The van der Waals surface area contributed by atoms with E-state index in [1.165, 1.54) is 11.0 Å². The molecule has 0 atom stereocenters. The minimum absolute atomic E-state index is 0.0653. The predicted octanol–water partition coefficient (Wildman–Crippen LogP) is 2.89. The zero-order chi connectivity index (χ0) is 16.4. The number of benzene rings is 2. The number of nitrogens with zero attached hydrogens (tertiary/aromatic N) is 1. The molecule has 0 bridgehead atoms. The lowest BCUT2D eigenvalue weighted by Gasteiger charge is -2.45. The molecule has 0 radical (unpaired) electrons. The molecule has 120 valence electrons. The molecule has 1 aliphatic rings. The average Bonchev–Trinajstić information content (AvgIpc) is 2.50. The van der Waals surface area contributed by atoms with Gasteiger partial charge in [0.05, 0.1) is 13.1 Å². The molecule has 1 aliphatic heterocycles. The van der Waals surface area contributed by atoms with Gasteiger partial charge < -0.3 is 19.8 Å². The number of ether oxygens (including phenoxy) is 1. The summed E-state index contributed by atoms with van der Waals surface area (Å²) in [5.74, 6) is -0.0858. The molecule has 2 aromatic rings. The maximum absolute atomic E-state index is 12.0. The first-order chi connectivity index (χ1) is 11.0. The van der Waals surface area contributed by atoms with E-state index in [1.54, 1.807) is 12.1 Å². The lowest BCUT2D eigenvalue weighted by atomic mass is 9.86. The monoisotopic (exact) mass is 333 g/mol. The number of halogens is 1. The minimum atomic E-state index is -1.28. The fraction of sp³-hybridized carbons (Fsp3) is 0.235. The van der Waals surface area contributed by atoms with Crippen LogP contribution in [0, 0.1) is 0 Å². The highest BCUT2D eigenvalue weighted by Crippen LogP contribution is 2.38. The molecule has 0 saturated carbocycles. The van der Waals surface area contributed by atoms with Crippen molar-refractivity contribution in [3.8, 4) is 5.75 Å². The zero-order valence-electron chi connectivity index (χ0n) is 12.3. The molecular weight excluding hydrogens is 318 g/mol. The normalized spacial score (nSPS) is 15.8. The van der Waals surface area contributed by atoms with Crippen LogP contribution < -0.4 is 0 Å². The largest absolute Gasteiger partial charge is 0.508 e. The summed E-state index contributed by atoms with van der Waals surface area (Å²) in [4.78, 5) is 13.4. The van der Waals surface area contributed by atoms with Gasteiger partial charge in [0, 0.05) is 10.6 Å². The van der Waals surface area contributed by atoms with Crippen molar-refractivity contribution < 1.29 is 19.7 Å². The van der Waals surface area contributed by atoms with Crippen molar-refractivity contribution in [2.24, 2.45) is 0 Å². The van der Waals surface area contributed by atoms with Crippen LogP contribution >= 0.6 is 11.6 Å². The third-order valence-electron chi connectivity index (χ3n) is 3.83. The van der Waals surface area contributed by atoms with Crippen LogP contribution in [0.25, 0.3) is 0 Å². The summed E-state index contributed by atoms with van der Waals surface area (Å²) >= 11 is 5.78. The SMILES string of the molecule is O=C(OCc1ccccc1)N1CC(O)(c2ccc(Cl)cc2O)C1. The van der Waals surface area contributed by atoms with E-state index in [0.29, 0.717) is 10.6 Å². The lowest BCUT2D eigenvalue weighted by molar-refractivity contribution is -0.0959. The standard InChI is InChI=1S/C17H16ClNO4/c18-13-6-7-14(15(20)8-13)17(22)10-19(11-17)16(21)23-9-12-4-2-1-3-5-12/h1-8,20,22H,9-11H2. The van der Waals surface area contributed by atoms with Gasteiger partial charge in [0.2, 0.25) is 0 Å². The van der Waals surface area contributed by atoms with Crippen molar-refractivity contribution in [1.29, 1.82) is 0 Å². The molecule has 0 unspecified atom stereocenters. The highest BCUT2D eigenvalue weighted by molar-refractivity contribution is 6.30. The van der Waals surface area contributed by atoms with Gasteiger partial charge in [-0.3, -0.25) is 0 Å². The molecule has 2 N–H and O–H groups in total. The molecule has 5 nitrogen and oxygen atoms in total. The van der Waals surface area contributed by atoms with E-state index >= 15 is 0 Å². The summed E-state index contributed by atoms with van der Waals surface area (Å²) < 4.78 is 5.20. The van der Waals surface area contributed by atoms with Gasteiger partial charge >= 0.3 is 6.09 Å². The lowest BCUT2D eigenvalue weighted by Crippen LogP contribution is -2.61. The van der Waals surface area contributed by atoms with E-state index in [4.69, 9.17) is 16.3 Å². The second-order valence-electron chi connectivity index (χ2n) is 5.59. The van der Waals surface area contributed by atoms with Gasteiger partial charge in [0.15, 0.2) is 0 Å². The van der Waals surface area contributed by atoms with Crippen LogP contribution in [-0.4, -0.2) is 34.3 Å². The van der Waals surface area contributed by atoms with Crippen molar-refractivity contribution in [3.63, 3.8) is 0 Å². The summed E-state index contributed by atoms with van der Waals surface area (Å²) in [7, 11) is 0. The van der Waals surface area contributed by atoms with Crippen LogP contribution in [0.2, 0.25) is 5.02 Å². The van der Waals surface area contributed by atoms with Gasteiger partial charge in [-0.2, -0.15) is 0 Å². The fourth-order valence-electron chi connectivity index (χ4n) is 2.59. The number of β-amino-alcohol motifs (C(OH)–C–C–N with tert-alkyl or cyclic N) is 1. The number of phenols is 1. The molecule has 1 fully saturated rings. The molecule has 6 heteroatoms. The van der Waals surface area contributed by atoms with Crippen LogP contribution in [0.3, 0.4) is 0 Å². The van der Waals surface area contributed by atoms with Gasteiger partial charge in [-0.15, -0.1) is 0 Å². The highest BCUT2D eigenvalue weighted by atomic mass is 35.5. The Kier molecular flexibility index (Phi) is 4.15. The molecule has 1 saturated heterocycles. The summed E-state index contributed by atoms with van der Waals surface area (Å²) in [5, 5.41) is 20.8. The number of hydrogen-bond donors (Lipinski definition) is 2. The molecule has 23 heavy (non-hydrogen) atoms. The summed E-state index contributed by atoms with van der Waals surface area (Å²) in [5.41, 5.74) is -0.0264. The van der Waals surface area contributed by atoms with Gasteiger partial charge in [0.1, 0.15) is 18.0 Å². The smallest absolute Gasteiger partial charge is 0.410 e. The van der Waals surface area contributed by atoms with Crippen molar-refractivity contribution in [1.82, 2.24) is 4.90 Å². The van der Waals surface area contributed by atoms with Crippen LogP contribution in [-0.2, 0) is 16.9 Å². The van der Waals surface area contributed by atoms with Crippen LogP contribution in [0.15, 0.2) is 48.5 Å². The van der Waals surface area contributed by atoms with Crippen LogP contribution in [0.5, 0.6) is 5.75 Å². The molecule has 0 aliphatic carbocycles. The number of carbonyl (C=O) groups excluding carboxylic acids is 1. The first-order valence-corrected chi connectivity index (χ1v) is 7.53. The Morgan fingerprint density at radius 3 is 2.57 bits per heavy atom. The van der Waals surface area contributed by atoms with E-state index in [1.807, 2.05) is 30.3 Å². The topological polar surface area (TPSA) is 70.0 Å². The zero-order valence-corrected chi connectivity index (χ0v) is 13.0. The number of phenolic OH excluding ortho intramolecular Hbond substituents is 1. The molecule has 3 rings (SSSR count). The van der Waals surface area contributed by atoms with E-state index in [-0.39, 0.29) is 25.4 Å². The second-order valence-corrected chi connectivity index (χ2v) is 6.03. The maximum Gasteiger partial charge on any atom is 0.410 e. The van der Waals surface area contributed by atoms with Gasteiger partial charge in [-0.25, -0.2) is 4.79 Å². The van der Waals surface area contributed by atoms with Gasteiger partial charge in [-0.1, -0.05) is 48.0 Å². The molecule has 0 spiro atoms. The molecular formula is C17H16ClNO4. The number of amides is 1. The Balaban J connectivity index is 1.58. The Morgan fingerprint density at radius 2 is 1.91 bits per heavy atom. The van der Waals surface area contributed by atoms with E-state index in [9.17, 15) is 15.0 Å². The first-order valence-electron chi connectivity index (χ1n) is 7.15. The summed E-state index contributed by atoms with van der Waals surface area (Å²) in [6.07, 6.45) is -0.494. The predicted molar refractivity (Wildman–Crippen MR) is 85.2 cm³/mol. The number of aliphatic hydroxyl groups is 1. The first kappa shape index (κ1) is 15.6. The van der Waals surface area contributed by atoms with Crippen LogP contribution in [0.1, 0.15) is 11.1 Å². The van der Waals surface area contributed by atoms with E-state index in [2.05, 4.69) is 0 Å². The van der Waals surface area contributed by atoms with Crippen molar-refractivity contribution in [2.75, 3.05) is 13.1 Å². The van der Waals surface area contributed by atoms with Crippen molar-refractivity contribution >= 4 is 17.7 Å². The Hall–Kier alpha value is -2.24. The third-order valence-corrected chi connectivity index (χ3v) is 4.06. The van der Waals surface area contributed by atoms with Crippen molar-refractivity contribution in [2.45, 2.75) is 12.2 Å². The Morgan fingerprint density at radius 1 is 1.22 bits per heavy atom. The Bertz CT molecular complexity index is 714. The van der Waals surface area contributed by atoms with Gasteiger partial charge in [-0.05, 0) is 17.7 Å². The molecule has 0 aromatic heterocycles. The Labute approximate surface area is 138 Å². The van der Waals surface area contributed by atoms with Crippen LogP contribution in [0.4, 0.5) is 4.79 Å². The molecule has 1 amide bonds. The highest BCUT2D eigenvalue weighted by Gasteiger charge is 2.47. The summed E-state index contributed by atoms with van der Waals surface area (Å²) in [6, 6.07) is 13.9. The fourth-order valence-corrected chi connectivity index (χ4v) is 2.76. The summed E-state index contributed by atoms with van der Waals surface area (Å²) in [6.45, 7) is 0.312. The minimum Gasteiger partial charge on any atom is -0.508 e. The van der Waals surface area contributed by atoms with Gasteiger partial charge in [0.25, 0.3) is 0 Å².